The number of anilines is 1. The molecule has 2 aromatic rings. The van der Waals surface area contributed by atoms with Crippen LogP contribution in [-0.2, 0) is 11.3 Å². The van der Waals surface area contributed by atoms with Crippen LogP contribution in [0.1, 0.15) is 15.9 Å². The van der Waals surface area contributed by atoms with E-state index in [9.17, 15) is 4.79 Å². The molecule has 0 fully saturated rings. The number of hydrogen-bond donors (Lipinski definition) is 2. The zero-order valence-corrected chi connectivity index (χ0v) is 10.8. The van der Waals surface area contributed by atoms with Crippen LogP contribution in [0.15, 0.2) is 48.5 Å². The van der Waals surface area contributed by atoms with Crippen molar-refractivity contribution in [2.75, 3.05) is 12.5 Å². The molecule has 0 aromatic heterocycles. The van der Waals surface area contributed by atoms with Gasteiger partial charge in [0.05, 0.1) is 6.61 Å². The third kappa shape index (κ3) is 3.73. The van der Waals surface area contributed by atoms with E-state index in [1.807, 2.05) is 30.3 Å². The first-order valence-electron chi connectivity index (χ1n) is 6.04. The van der Waals surface area contributed by atoms with Crippen LogP contribution in [0.2, 0.25) is 0 Å². The molecule has 0 unspecified atom stereocenters. The van der Waals surface area contributed by atoms with E-state index in [4.69, 9.17) is 20.3 Å². The van der Waals surface area contributed by atoms with E-state index >= 15 is 0 Å². The van der Waals surface area contributed by atoms with Crippen LogP contribution >= 0.6 is 0 Å². The maximum atomic E-state index is 11.1. The fourth-order valence-corrected chi connectivity index (χ4v) is 1.68. The van der Waals surface area contributed by atoms with Crippen LogP contribution in [0.5, 0.6) is 5.75 Å². The number of carboxylic acids is 1. The lowest BCUT2D eigenvalue weighted by Gasteiger charge is -2.10. The Morgan fingerprint density at radius 2 is 1.90 bits per heavy atom. The summed E-state index contributed by atoms with van der Waals surface area (Å²) in [5, 5.41) is 9.05. The van der Waals surface area contributed by atoms with Crippen molar-refractivity contribution >= 4 is 11.7 Å². The maximum absolute atomic E-state index is 11.1. The number of nitrogens with two attached hydrogens (primary N) is 1. The molecule has 5 heteroatoms. The Bertz CT molecular complexity index is 584. The molecule has 0 saturated heterocycles. The number of hydrogen-bond acceptors (Lipinski definition) is 4. The highest BCUT2D eigenvalue weighted by Gasteiger charge is 2.11. The van der Waals surface area contributed by atoms with Crippen molar-refractivity contribution in [2.45, 2.75) is 6.61 Å². The van der Waals surface area contributed by atoms with Crippen LogP contribution < -0.4 is 10.5 Å². The van der Waals surface area contributed by atoms with E-state index in [0.717, 1.165) is 5.56 Å². The first kappa shape index (κ1) is 13.9. The summed E-state index contributed by atoms with van der Waals surface area (Å²) in [6.45, 7) is 0.372. The summed E-state index contributed by atoms with van der Waals surface area (Å²) in [5.74, 6) is -0.852. The number of carbonyl (C=O) groups is 1. The fraction of sp³-hybridized carbons (Fsp3) is 0.133. The smallest absolute Gasteiger partial charge is 0.339 e. The molecular formula is C15H15NO4. The van der Waals surface area contributed by atoms with Crippen molar-refractivity contribution in [3.8, 4) is 5.75 Å². The third-order valence-corrected chi connectivity index (χ3v) is 2.64. The minimum Gasteiger partial charge on any atom is -0.478 e. The Kier molecular flexibility index (Phi) is 4.57. The molecule has 0 bridgehead atoms. The molecule has 0 radical (unpaired) electrons. The molecule has 2 rings (SSSR count). The Labute approximate surface area is 116 Å². The van der Waals surface area contributed by atoms with Crippen LogP contribution in [0.3, 0.4) is 0 Å². The first-order valence-corrected chi connectivity index (χ1v) is 6.04. The van der Waals surface area contributed by atoms with E-state index in [1.54, 1.807) is 6.07 Å². The lowest BCUT2D eigenvalue weighted by molar-refractivity contribution is 0.00432. The van der Waals surface area contributed by atoms with E-state index < -0.39 is 5.97 Å². The molecular weight excluding hydrogens is 258 g/mol. The van der Waals surface area contributed by atoms with Gasteiger partial charge in [0.15, 0.2) is 6.79 Å². The third-order valence-electron chi connectivity index (χ3n) is 2.64. The summed E-state index contributed by atoms with van der Waals surface area (Å²) in [6.07, 6.45) is 0. The highest BCUT2D eigenvalue weighted by molar-refractivity contribution is 5.92. The van der Waals surface area contributed by atoms with E-state index in [2.05, 4.69) is 0 Å². The largest absolute Gasteiger partial charge is 0.478 e. The van der Waals surface area contributed by atoms with Crippen molar-refractivity contribution in [1.82, 2.24) is 0 Å². The van der Waals surface area contributed by atoms with Gasteiger partial charge in [0.25, 0.3) is 0 Å². The summed E-state index contributed by atoms with van der Waals surface area (Å²) in [6, 6.07) is 14.1. The normalized spacial score (nSPS) is 10.2. The molecule has 0 spiro atoms. The van der Waals surface area contributed by atoms with Crippen molar-refractivity contribution in [3.63, 3.8) is 0 Å². The number of benzene rings is 2. The molecule has 2 aromatic carbocycles. The minimum atomic E-state index is -1.09. The molecule has 5 nitrogen and oxygen atoms in total. The number of carboxylic acid groups (broad SMARTS) is 1. The molecule has 104 valence electrons. The molecule has 0 aliphatic rings. The van der Waals surface area contributed by atoms with Crippen molar-refractivity contribution in [2.24, 2.45) is 0 Å². The molecule has 0 aliphatic heterocycles. The van der Waals surface area contributed by atoms with Gasteiger partial charge < -0.3 is 20.3 Å². The lowest BCUT2D eigenvalue weighted by Crippen LogP contribution is -2.07. The van der Waals surface area contributed by atoms with Crippen molar-refractivity contribution < 1.29 is 19.4 Å². The molecule has 3 N–H and O–H groups in total. The predicted molar refractivity (Wildman–Crippen MR) is 74.5 cm³/mol. The van der Waals surface area contributed by atoms with Crippen molar-refractivity contribution in [3.05, 3.63) is 59.7 Å². The first-order chi connectivity index (χ1) is 9.66. The average molecular weight is 273 g/mol. The van der Waals surface area contributed by atoms with Gasteiger partial charge in [-0.25, -0.2) is 4.79 Å². The lowest BCUT2D eigenvalue weighted by atomic mass is 10.2. The monoisotopic (exact) mass is 273 g/mol. The molecule has 0 heterocycles. The summed E-state index contributed by atoms with van der Waals surface area (Å²) in [5.41, 5.74) is 6.96. The van der Waals surface area contributed by atoms with Gasteiger partial charge >= 0.3 is 5.97 Å². The summed E-state index contributed by atoms with van der Waals surface area (Å²) < 4.78 is 10.7. The predicted octanol–water partition coefficient (Wildman–Crippen LogP) is 2.52. The number of rotatable bonds is 6. The summed E-state index contributed by atoms with van der Waals surface area (Å²) >= 11 is 0. The molecule has 0 atom stereocenters. The second-order valence-corrected chi connectivity index (χ2v) is 4.16. The topological polar surface area (TPSA) is 81.8 Å². The second kappa shape index (κ2) is 6.58. The molecule has 0 aliphatic carbocycles. The van der Waals surface area contributed by atoms with Gasteiger partial charge in [-0.2, -0.15) is 0 Å². The van der Waals surface area contributed by atoms with Gasteiger partial charge in [-0.05, 0) is 23.8 Å². The Morgan fingerprint density at radius 1 is 1.15 bits per heavy atom. The highest BCUT2D eigenvalue weighted by Crippen LogP contribution is 2.21. The van der Waals surface area contributed by atoms with E-state index in [0.29, 0.717) is 12.3 Å². The SMILES string of the molecule is Nc1ccc(OCOCc2ccccc2)c(C(=O)O)c1. The molecule has 0 amide bonds. The van der Waals surface area contributed by atoms with Crippen LogP contribution in [0.4, 0.5) is 5.69 Å². The second-order valence-electron chi connectivity index (χ2n) is 4.16. The van der Waals surface area contributed by atoms with Crippen LogP contribution in [0, 0.1) is 0 Å². The zero-order chi connectivity index (χ0) is 14.4. The Balaban J connectivity index is 1.90. The van der Waals surface area contributed by atoms with Gasteiger partial charge in [-0.3, -0.25) is 0 Å². The highest BCUT2D eigenvalue weighted by atomic mass is 16.7. The number of aromatic carboxylic acids is 1. The van der Waals surface area contributed by atoms with Gasteiger partial charge in [0, 0.05) is 5.69 Å². The van der Waals surface area contributed by atoms with Gasteiger partial charge in [-0.15, -0.1) is 0 Å². The summed E-state index contributed by atoms with van der Waals surface area (Å²) in [7, 11) is 0. The maximum Gasteiger partial charge on any atom is 0.339 e. The number of ether oxygens (including phenoxy) is 2. The van der Waals surface area contributed by atoms with Gasteiger partial charge in [0.2, 0.25) is 0 Å². The molecule has 0 saturated carbocycles. The average Bonchev–Trinajstić information content (AvgIpc) is 2.45. The Hall–Kier alpha value is -2.53. The fourth-order valence-electron chi connectivity index (χ4n) is 1.68. The van der Waals surface area contributed by atoms with Crippen LogP contribution in [0.25, 0.3) is 0 Å². The number of nitrogen functional groups attached to an aromatic ring is 1. The van der Waals surface area contributed by atoms with Crippen molar-refractivity contribution in [1.29, 1.82) is 0 Å². The van der Waals surface area contributed by atoms with Crippen LogP contribution in [-0.4, -0.2) is 17.9 Å². The standard InChI is InChI=1S/C15H15NO4/c16-12-6-7-14(13(8-12)15(17)18)20-10-19-9-11-4-2-1-3-5-11/h1-8H,9-10,16H2,(H,17,18). The quantitative estimate of drug-likeness (QED) is 0.480. The van der Waals surface area contributed by atoms with E-state index in [1.165, 1.54) is 12.1 Å². The van der Waals surface area contributed by atoms with Gasteiger partial charge in [0.1, 0.15) is 11.3 Å². The molecule has 20 heavy (non-hydrogen) atoms. The summed E-state index contributed by atoms with van der Waals surface area (Å²) in [4.78, 5) is 11.1. The van der Waals surface area contributed by atoms with E-state index in [-0.39, 0.29) is 18.1 Å². The zero-order valence-electron chi connectivity index (χ0n) is 10.8. The van der Waals surface area contributed by atoms with Gasteiger partial charge in [-0.1, -0.05) is 30.3 Å². The Morgan fingerprint density at radius 3 is 2.60 bits per heavy atom. The minimum absolute atomic E-state index is 0.0216.